The van der Waals surface area contributed by atoms with Gasteiger partial charge in [-0.25, -0.2) is 0 Å². The third kappa shape index (κ3) is 4.82. The molecule has 0 aliphatic heterocycles. The van der Waals surface area contributed by atoms with Crippen LogP contribution in [-0.4, -0.2) is 14.4 Å². The molecule has 1 atom stereocenters. The standard InChI is InChI=1S/C17H29NOSi/c1-8-9-11-17(12-10-13-18)19-20(14(2)3,15(4)5)16(6)7/h1,10,12,14-17H,9,11H2,2-7H3/b12-10+. The molecule has 0 fully saturated rings. The van der Waals surface area contributed by atoms with E-state index in [0.29, 0.717) is 23.0 Å². The summed E-state index contributed by atoms with van der Waals surface area (Å²) >= 11 is 0. The molecule has 0 amide bonds. The molecule has 0 saturated heterocycles. The second-order valence-electron chi connectivity index (χ2n) is 6.20. The number of rotatable bonds is 8. The number of nitrogens with zero attached hydrogens (tertiary/aromatic N) is 1. The van der Waals surface area contributed by atoms with Crippen LogP contribution in [0.5, 0.6) is 0 Å². The lowest BCUT2D eigenvalue weighted by Crippen LogP contribution is -2.49. The molecule has 0 heterocycles. The summed E-state index contributed by atoms with van der Waals surface area (Å²) in [6.45, 7) is 13.6. The second-order valence-corrected chi connectivity index (χ2v) is 11.6. The summed E-state index contributed by atoms with van der Waals surface area (Å²) in [6.07, 6.45) is 10.2. The first-order valence-electron chi connectivity index (χ1n) is 7.50. The van der Waals surface area contributed by atoms with Gasteiger partial charge in [-0.05, 0) is 29.1 Å². The van der Waals surface area contributed by atoms with Crippen molar-refractivity contribution in [2.75, 3.05) is 0 Å². The van der Waals surface area contributed by atoms with Crippen molar-refractivity contribution in [2.24, 2.45) is 0 Å². The molecule has 0 N–H and O–H groups in total. The Bertz CT molecular complexity index is 363. The van der Waals surface area contributed by atoms with E-state index in [2.05, 4.69) is 53.5 Å². The highest BCUT2D eigenvalue weighted by Crippen LogP contribution is 2.43. The minimum Gasteiger partial charge on any atom is -0.410 e. The Balaban J connectivity index is 5.32. The minimum absolute atomic E-state index is 0.0374. The molecule has 0 aromatic carbocycles. The van der Waals surface area contributed by atoms with Crippen molar-refractivity contribution in [1.29, 1.82) is 5.26 Å². The van der Waals surface area contributed by atoms with Crippen molar-refractivity contribution in [3.05, 3.63) is 12.2 Å². The van der Waals surface area contributed by atoms with Crippen molar-refractivity contribution in [2.45, 2.75) is 77.1 Å². The van der Waals surface area contributed by atoms with Crippen molar-refractivity contribution >= 4 is 8.32 Å². The lowest BCUT2D eigenvalue weighted by Gasteiger charge is -2.44. The van der Waals surface area contributed by atoms with E-state index in [1.54, 1.807) is 0 Å². The quantitative estimate of drug-likeness (QED) is 0.356. The molecule has 2 nitrogen and oxygen atoms in total. The zero-order valence-electron chi connectivity index (χ0n) is 13.8. The molecular formula is C17H29NOSi. The molecule has 0 rings (SSSR count). The summed E-state index contributed by atoms with van der Waals surface area (Å²) in [5.74, 6) is 2.67. The molecular weight excluding hydrogens is 262 g/mol. The normalized spacial score (nSPS) is 13.9. The van der Waals surface area contributed by atoms with Gasteiger partial charge in [-0.1, -0.05) is 41.5 Å². The van der Waals surface area contributed by atoms with E-state index < -0.39 is 8.32 Å². The Kier molecular flexibility index (Phi) is 8.54. The highest BCUT2D eigenvalue weighted by molar-refractivity contribution is 6.77. The molecule has 112 valence electrons. The van der Waals surface area contributed by atoms with E-state index in [4.69, 9.17) is 16.1 Å². The summed E-state index contributed by atoms with van der Waals surface area (Å²) in [7, 11) is -1.92. The molecule has 0 aromatic rings. The number of hydrogen-bond acceptors (Lipinski definition) is 2. The van der Waals surface area contributed by atoms with E-state index in [-0.39, 0.29) is 6.10 Å². The summed E-state index contributed by atoms with van der Waals surface area (Å²) in [4.78, 5) is 0. The van der Waals surface area contributed by atoms with Gasteiger partial charge in [-0.15, -0.1) is 12.3 Å². The van der Waals surface area contributed by atoms with Gasteiger partial charge >= 0.3 is 0 Å². The van der Waals surface area contributed by atoms with Crippen LogP contribution in [0, 0.1) is 23.7 Å². The SMILES string of the molecule is C#CCCC(/C=C/C#N)O[Si](C(C)C)(C(C)C)C(C)C. The van der Waals surface area contributed by atoms with E-state index in [1.165, 1.54) is 6.08 Å². The predicted octanol–water partition coefficient (Wildman–Crippen LogP) is 5.04. The fourth-order valence-electron chi connectivity index (χ4n) is 3.24. The maximum atomic E-state index is 8.75. The summed E-state index contributed by atoms with van der Waals surface area (Å²) in [6, 6.07) is 2.05. The number of terminal acetylenes is 1. The maximum Gasteiger partial charge on any atom is 0.201 e. The monoisotopic (exact) mass is 291 g/mol. The van der Waals surface area contributed by atoms with Gasteiger partial charge in [-0.3, -0.25) is 0 Å². The fourth-order valence-corrected chi connectivity index (χ4v) is 8.78. The lowest BCUT2D eigenvalue weighted by molar-refractivity contribution is 0.208. The van der Waals surface area contributed by atoms with E-state index in [0.717, 1.165) is 6.42 Å². The first-order chi connectivity index (χ1) is 9.32. The first kappa shape index (κ1) is 19.0. The van der Waals surface area contributed by atoms with Gasteiger partial charge in [-0.2, -0.15) is 5.26 Å². The molecule has 3 heteroatoms. The molecule has 0 radical (unpaired) electrons. The zero-order valence-corrected chi connectivity index (χ0v) is 14.8. The molecule has 0 aromatic heterocycles. The van der Waals surface area contributed by atoms with Gasteiger partial charge in [0.15, 0.2) is 0 Å². The van der Waals surface area contributed by atoms with E-state index >= 15 is 0 Å². The van der Waals surface area contributed by atoms with Crippen LogP contribution in [-0.2, 0) is 4.43 Å². The Morgan fingerprint density at radius 3 is 1.95 bits per heavy atom. The summed E-state index contributed by atoms with van der Waals surface area (Å²) in [5, 5.41) is 8.75. The fraction of sp³-hybridized carbons (Fsp3) is 0.706. The van der Waals surface area contributed by atoms with Gasteiger partial charge in [0.05, 0.1) is 12.2 Å². The molecule has 20 heavy (non-hydrogen) atoms. The van der Waals surface area contributed by atoms with E-state index in [1.807, 2.05) is 6.08 Å². The van der Waals surface area contributed by atoms with Crippen LogP contribution in [0.25, 0.3) is 0 Å². The van der Waals surface area contributed by atoms with Crippen LogP contribution in [0.1, 0.15) is 54.4 Å². The average Bonchev–Trinajstić information content (AvgIpc) is 2.36. The van der Waals surface area contributed by atoms with Crippen molar-refractivity contribution in [3.63, 3.8) is 0 Å². The molecule has 0 bridgehead atoms. The largest absolute Gasteiger partial charge is 0.410 e. The topological polar surface area (TPSA) is 33.0 Å². The third-order valence-corrected chi connectivity index (χ3v) is 10.1. The minimum atomic E-state index is -1.92. The predicted molar refractivity (Wildman–Crippen MR) is 88.7 cm³/mol. The van der Waals surface area contributed by atoms with Crippen LogP contribution in [0.15, 0.2) is 12.2 Å². The highest BCUT2D eigenvalue weighted by Gasteiger charge is 2.46. The van der Waals surface area contributed by atoms with Crippen molar-refractivity contribution in [1.82, 2.24) is 0 Å². The molecule has 0 spiro atoms. The third-order valence-electron chi connectivity index (χ3n) is 4.02. The Morgan fingerprint density at radius 2 is 1.60 bits per heavy atom. The molecule has 0 aliphatic rings. The Labute approximate surface area is 126 Å². The van der Waals surface area contributed by atoms with Gasteiger partial charge in [0.1, 0.15) is 0 Å². The lowest BCUT2D eigenvalue weighted by atomic mass is 10.2. The number of hydrogen-bond donors (Lipinski definition) is 0. The van der Waals surface area contributed by atoms with Gasteiger partial charge in [0.2, 0.25) is 8.32 Å². The van der Waals surface area contributed by atoms with Crippen LogP contribution in [0.3, 0.4) is 0 Å². The van der Waals surface area contributed by atoms with Crippen molar-refractivity contribution < 1.29 is 4.43 Å². The zero-order chi connectivity index (χ0) is 15.8. The summed E-state index contributed by atoms with van der Waals surface area (Å²) < 4.78 is 6.63. The van der Waals surface area contributed by atoms with Crippen molar-refractivity contribution in [3.8, 4) is 18.4 Å². The molecule has 1 unspecified atom stereocenters. The second kappa shape index (κ2) is 9.00. The van der Waals surface area contributed by atoms with Crippen LogP contribution in [0.2, 0.25) is 16.6 Å². The molecule has 0 aliphatic carbocycles. The van der Waals surface area contributed by atoms with Crippen LogP contribution >= 0.6 is 0 Å². The highest BCUT2D eigenvalue weighted by atomic mass is 28.4. The summed E-state index contributed by atoms with van der Waals surface area (Å²) in [5.41, 5.74) is 1.60. The van der Waals surface area contributed by atoms with Gasteiger partial charge < -0.3 is 4.43 Å². The molecule has 0 saturated carbocycles. The van der Waals surface area contributed by atoms with Crippen LogP contribution in [0.4, 0.5) is 0 Å². The smallest absolute Gasteiger partial charge is 0.201 e. The van der Waals surface area contributed by atoms with Gasteiger partial charge in [0, 0.05) is 12.5 Å². The first-order valence-corrected chi connectivity index (χ1v) is 9.64. The van der Waals surface area contributed by atoms with Gasteiger partial charge in [0.25, 0.3) is 0 Å². The number of allylic oxidation sites excluding steroid dienone is 1. The number of nitriles is 1. The Morgan fingerprint density at radius 1 is 1.10 bits per heavy atom. The van der Waals surface area contributed by atoms with E-state index in [9.17, 15) is 0 Å². The Hall–Kier alpha value is -1.03. The average molecular weight is 292 g/mol. The van der Waals surface area contributed by atoms with Crippen LogP contribution < -0.4 is 0 Å². The maximum absolute atomic E-state index is 8.75.